The molecule has 2 aromatic rings. The van der Waals surface area contributed by atoms with Crippen LogP contribution in [0.15, 0.2) is 30.3 Å². The van der Waals surface area contributed by atoms with Gasteiger partial charge in [-0.05, 0) is 99.8 Å². The standard InChI is InChI=1S/C25H33N5O/c1-3-26-24-27-16(2)8-22(30-24)28-20-4-6-21(7-5-20)29-23(31)15-25-12-17-9-18(13-25)11-19(10-17)14-25/h4-8,17-19H,3,9-15H2,1-2H3,(H,29,31)(H2,26,27,28,30). The zero-order valence-corrected chi connectivity index (χ0v) is 18.6. The average molecular weight is 420 g/mol. The average Bonchev–Trinajstić information content (AvgIpc) is 2.68. The Hall–Kier alpha value is -2.63. The van der Waals surface area contributed by atoms with Crippen LogP contribution >= 0.6 is 0 Å². The van der Waals surface area contributed by atoms with Gasteiger partial charge in [0.05, 0.1) is 0 Å². The number of aryl methyl sites for hydroxylation is 1. The Morgan fingerprint density at radius 2 is 1.61 bits per heavy atom. The summed E-state index contributed by atoms with van der Waals surface area (Å²) in [5.41, 5.74) is 2.96. The second-order valence-electron chi connectivity index (χ2n) is 10.1. The lowest BCUT2D eigenvalue weighted by molar-refractivity contribution is -0.124. The van der Waals surface area contributed by atoms with E-state index in [2.05, 4.69) is 25.9 Å². The second kappa shape index (κ2) is 8.13. The smallest absolute Gasteiger partial charge is 0.224 e. The number of benzene rings is 1. The highest BCUT2D eigenvalue weighted by atomic mass is 16.1. The van der Waals surface area contributed by atoms with E-state index in [9.17, 15) is 4.79 Å². The van der Waals surface area contributed by atoms with Crippen LogP contribution in [0.4, 0.5) is 23.1 Å². The highest BCUT2D eigenvalue weighted by Crippen LogP contribution is 2.61. The van der Waals surface area contributed by atoms with E-state index in [4.69, 9.17) is 0 Å². The van der Waals surface area contributed by atoms with Crippen LogP contribution in [0.25, 0.3) is 0 Å². The minimum atomic E-state index is 0.171. The van der Waals surface area contributed by atoms with Gasteiger partial charge in [0.25, 0.3) is 0 Å². The van der Waals surface area contributed by atoms with E-state index < -0.39 is 0 Å². The fraction of sp³-hybridized carbons (Fsp3) is 0.560. The molecule has 164 valence electrons. The summed E-state index contributed by atoms with van der Waals surface area (Å²) in [6, 6.07) is 9.79. The number of anilines is 4. The number of carbonyl (C=O) groups excluding carboxylic acids is 1. The normalized spacial score (nSPS) is 28.4. The lowest BCUT2D eigenvalue weighted by Gasteiger charge is -2.56. The number of nitrogens with zero attached hydrogens (tertiary/aromatic N) is 2. The molecule has 4 aliphatic carbocycles. The summed E-state index contributed by atoms with van der Waals surface area (Å²) in [4.78, 5) is 21.7. The number of nitrogens with one attached hydrogen (secondary N) is 3. The summed E-state index contributed by atoms with van der Waals surface area (Å²) in [5, 5.41) is 9.61. The Morgan fingerprint density at radius 3 is 2.23 bits per heavy atom. The molecule has 0 atom stereocenters. The minimum absolute atomic E-state index is 0.171. The van der Waals surface area contributed by atoms with Gasteiger partial charge in [0.15, 0.2) is 0 Å². The van der Waals surface area contributed by atoms with Crippen LogP contribution in [0.1, 0.15) is 57.6 Å². The SMILES string of the molecule is CCNc1nc(C)cc(Nc2ccc(NC(=O)CC34CC5CC(CC(C5)C3)C4)cc2)n1. The number of rotatable bonds is 7. The molecular formula is C25H33N5O. The van der Waals surface area contributed by atoms with Gasteiger partial charge < -0.3 is 16.0 Å². The highest BCUT2D eigenvalue weighted by molar-refractivity contribution is 5.91. The van der Waals surface area contributed by atoms with Crippen molar-refractivity contribution in [2.45, 2.75) is 58.8 Å². The van der Waals surface area contributed by atoms with Gasteiger partial charge in [-0.1, -0.05) is 0 Å². The topological polar surface area (TPSA) is 78.9 Å². The van der Waals surface area contributed by atoms with Gasteiger partial charge in [0, 0.05) is 36.1 Å². The van der Waals surface area contributed by atoms with Gasteiger partial charge in [-0.3, -0.25) is 4.79 Å². The van der Waals surface area contributed by atoms with Crippen molar-refractivity contribution in [2.75, 3.05) is 22.5 Å². The van der Waals surface area contributed by atoms with Gasteiger partial charge >= 0.3 is 0 Å². The molecular weight excluding hydrogens is 386 g/mol. The molecule has 1 amide bonds. The largest absolute Gasteiger partial charge is 0.354 e. The van der Waals surface area contributed by atoms with Gasteiger partial charge in [-0.25, -0.2) is 4.98 Å². The molecule has 1 aromatic heterocycles. The monoisotopic (exact) mass is 419 g/mol. The lowest BCUT2D eigenvalue weighted by Crippen LogP contribution is -2.47. The summed E-state index contributed by atoms with van der Waals surface area (Å²) in [6.45, 7) is 4.76. The molecule has 3 N–H and O–H groups in total. The molecule has 31 heavy (non-hydrogen) atoms. The van der Waals surface area contributed by atoms with Crippen LogP contribution in [-0.4, -0.2) is 22.4 Å². The number of aromatic nitrogens is 2. The molecule has 6 rings (SSSR count). The van der Waals surface area contributed by atoms with E-state index in [0.29, 0.717) is 12.4 Å². The van der Waals surface area contributed by atoms with Crippen molar-refractivity contribution >= 4 is 29.0 Å². The summed E-state index contributed by atoms with van der Waals surface area (Å²) >= 11 is 0. The van der Waals surface area contributed by atoms with Crippen LogP contribution in [-0.2, 0) is 4.79 Å². The number of carbonyl (C=O) groups is 1. The summed E-state index contributed by atoms with van der Waals surface area (Å²) < 4.78 is 0. The number of hydrogen-bond acceptors (Lipinski definition) is 5. The maximum absolute atomic E-state index is 12.9. The first-order valence-electron chi connectivity index (χ1n) is 11.7. The van der Waals surface area contributed by atoms with Crippen molar-refractivity contribution in [2.24, 2.45) is 23.2 Å². The molecule has 0 radical (unpaired) electrons. The molecule has 4 bridgehead atoms. The zero-order chi connectivity index (χ0) is 21.4. The molecule has 0 aliphatic heterocycles. The number of amides is 1. The Labute approximate surface area is 184 Å². The molecule has 6 heteroatoms. The molecule has 1 aromatic carbocycles. The van der Waals surface area contributed by atoms with E-state index in [0.717, 1.165) is 47.2 Å². The van der Waals surface area contributed by atoms with Crippen molar-refractivity contribution in [1.29, 1.82) is 0 Å². The Kier molecular flexibility index (Phi) is 5.32. The van der Waals surface area contributed by atoms with Crippen LogP contribution in [0.2, 0.25) is 0 Å². The van der Waals surface area contributed by atoms with Crippen LogP contribution in [0.3, 0.4) is 0 Å². The van der Waals surface area contributed by atoms with Crippen molar-refractivity contribution in [3.8, 4) is 0 Å². The summed E-state index contributed by atoms with van der Waals surface area (Å²) in [7, 11) is 0. The van der Waals surface area contributed by atoms with Crippen molar-refractivity contribution < 1.29 is 4.79 Å². The minimum Gasteiger partial charge on any atom is -0.354 e. The molecule has 1 heterocycles. The number of hydrogen-bond donors (Lipinski definition) is 3. The predicted molar refractivity (Wildman–Crippen MR) is 125 cm³/mol. The summed E-state index contributed by atoms with van der Waals surface area (Å²) in [6.07, 6.45) is 8.73. The van der Waals surface area contributed by atoms with E-state index >= 15 is 0 Å². The molecule has 6 nitrogen and oxygen atoms in total. The van der Waals surface area contributed by atoms with Crippen LogP contribution in [0.5, 0.6) is 0 Å². The highest BCUT2D eigenvalue weighted by Gasteiger charge is 2.51. The lowest BCUT2D eigenvalue weighted by atomic mass is 9.49. The molecule has 0 unspecified atom stereocenters. The van der Waals surface area contributed by atoms with Gasteiger partial charge in [-0.15, -0.1) is 0 Å². The van der Waals surface area contributed by atoms with Crippen molar-refractivity contribution in [3.05, 3.63) is 36.0 Å². The Morgan fingerprint density at radius 1 is 1.00 bits per heavy atom. The van der Waals surface area contributed by atoms with E-state index in [1.807, 2.05) is 44.2 Å². The molecule has 0 spiro atoms. The molecule has 4 saturated carbocycles. The van der Waals surface area contributed by atoms with E-state index in [-0.39, 0.29) is 11.3 Å². The maximum atomic E-state index is 12.9. The third kappa shape index (κ3) is 4.53. The van der Waals surface area contributed by atoms with Crippen LogP contribution in [0, 0.1) is 30.1 Å². The molecule has 4 aliphatic rings. The van der Waals surface area contributed by atoms with E-state index in [1.54, 1.807) is 0 Å². The zero-order valence-electron chi connectivity index (χ0n) is 18.6. The van der Waals surface area contributed by atoms with Gasteiger partial charge in [0.1, 0.15) is 5.82 Å². The first-order valence-corrected chi connectivity index (χ1v) is 11.7. The molecule has 4 fully saturated rings. The Bertz CT molecular complexity index is 920. The quantitative estimate of drug-likeness (QED) is 0.552. The van der Waals surface area contributed by atoms with E-state index in [1.165, 1.54) is 38.5 Å². The third-order valence-electron chi connectivity index (χ3n) is 7.33. The second-order valence-corrected chi connectivity index (χ2v) is 10.1. The van der Waals surface area contributed by atoms with Gasteiger partial charge in [0.2, 0.25) is 11.9 Å². The molecule has 0 saturated heterocycles. The van der Waals surface area contributed by atoms with Crippen molar-refractivity contribution in [1.82, 2.24) is 9.97 Å². The first kappa shape index (κ1) is 20.3. The van der Waals surface area contributed by atoms with Crippen LogP contribution < -0.4 is 16.0 Å². The van der Waals surface area contributed by atoms with Gasteiger partial charge in [-0.2, -0.15) is 4.98 Å². The summed E-state index contributed by atoms with van der Waals surface area (Å²) in [5.74, 6) is 4.18. The first-order chi connectivity index (χ1) is 15.0. The predicted octanol–water partition coefficient (Wildman–Crippen LogP) is 5.51. The third-order valence-corrected chi connectivity index (χ3v) is 7.33. The van der Waals surface area contributed by atoms with Crippen molar-refractivity contribution in [3.63, 3.8) is 0 Å². The fourth-order valence-electron chi connectivity index (χ4n) is 6.71. The Balaban J connectivity index is 1.19. The maximum Gasteiger partial charge on any atom is 0.224 e. The fourth-order valence-corrected chi connectivity index (χ4v) is 6.71.